The Balaban J connectivity index is 1.51. The Morgan fingerprint density at radius 3 is 2.43 bits per heavy atom. The van der Waals surface area contributed by atoms with Crippen LogP contribution >= 0.6 is 11.8 Å². The maximum absolute atomic E-state index is 11.3. The van der Waals surface area contributed by atoms with Crippen LogP contribution in [0.3, 0.4) is 0 Å². The highest BCUT2D eigenvalue weighted by atomic mass is 32.2. The Labute approximate surface area is 128 Å². The van der Waals surface area contributed by atoms with E-state index in [0.717, 1.165) is 23.6 Å². The van der Waals surface area contributed by atoms with E-state index in [2.05, 4.69) is 15.5 Å². The number of aromatic nitrogens is 2. The normalized spacial score (nSPS) is 36.9. The minimum absolute atomic E-state index is 0.0189. The second kappa shape index (κ2) is 5.00. The molecule has 1 N–H and O–H groups in total. The third-order valence-corrected chi connectivity index (χ3v) is 6.32. The molecule has 4 aliphatic carbocycles. The SMILES string of the molecule is CNC(=O)CSc1nnc(C23CC4CC(CC(C4)C2)C3)o1. The van der Waals surface area contributed by atoms with Gasteiger partial charge in [0.05, 0.1) is 5.75 Å². The second-order valence-corrected chi connectivity index (χ2v) is 7.96. The van der Waals surface area contributed by atoms with Crippen LogP contribution in [0, 0.1) is 17.8 Å². The fourth-order valence-corrected chi connectivity index (χ4v) is 5.69. The number of hydrogen-bond acceptors (Lipinski definition) is 5. The average molecular weight is 307 g/mol. The summed E-state index contributed by atoms with van der Waals surface area (Å²) in [7, 11) is 1.64. The molecule has 4 aliphatic rings. The fraction of sp³-hybridized carbons (Fsp3) is 0.800. The summed E-state index contributed by atoms with van der Waals surface area (Å²) in [6, 6.07) is 0. The van der Waals surface area contributed by atoms with Crippen molar-refractivity contribution >= 4 is 17.7 Å². The quantitative estimate of drug-likeness (QED) is 0.865. The van der Waals surface area contributed by atoms with E-state index in [1.807, 2.05) is 0 Å². The summed E-state index contributed by atoms with van der Waals surface area (Å²) < 4.78 is 5.92. The molecule has 5 rings (SSSR count). The number of carbonyl (C=O) groups excluding carboxylic acids is 1. The van der Waals surface area contributed by atoms with Crippen molar-refractivity contribution in [2.45, 2.75) is 49.2 Å². The predicted molar refractivity (Wildman–Crippen MR) is 78.9 cm³/mol. The molecule has 1 amide bonds. The molecule has 4 saturated carbocycles. The molecule has 114 valence electrons. The third kappa shape index (κ3) is 2.37. The average Bonchev–Trinajstić information content (AvgIpc) is 2.93. The number of nitrogens with zero attached hydrogens (tertiary/aromatic N) is 2. The zero-order valence-electron chi connectivity index (χ0n) is 12.3. The molecular weight excluding hydrogens is 286 g/mol. The molecular formula is C15H21N3O2S. The Hall–Kier alpha value is -1.04. The Kier molecular flexibility index (Phi) is 3.24. The van der Waals surface area contributed by atoms with E-state index in [-0.39, 0.29) is 11.3 Å². The molecule has 0 spiro atoms. The Morgan fingerprint density at radius 1 is 1.24 bits per heavy atom. The van der Waals surface area contributed by atoms with E-state index >= 15 is 0 Å². The van der Waals surface area contributed by atoms with E-state index in [4.69, 9.17) is 4.42 Å². The van der Waals surface area contributed by atoms with Gasteiger partial charge in [-0.05, 0) is 56.3 Å². The van der Waals surface area contributed by atoms with Crippen LogP contribution in [0.4, 0.5) is 0 Å². The largest absolute Gasteiger partial charge is 0.415 e. The molecule has 0 atom stereocenters. The van der Waals surface area contributed by atoms with Crippen LogP contribution in [0.1, 0.15) is 44.4 Å². The number of carbonyl (C=O) groups is 1. The monoisotopic (exact) mass is 307 g/mol. The summed E-state index contributed by atoms with van der Waals surface area (Å²) in [5.74, 6) is 3.75. The van der Waals surface area contributed by atoms with Gasteiger partial charge in [0.1, 0.15) is 0 Å². The first-order valence-electron chi connectivity index (χ1n) is 7.84. The summed E-state index contributed by atoms with van der Waals surface area (Å²) in [5, 5.41) is 11.6. The smallest absolute Gasteiger partial charge is 0.277 e. The van der Waals surface area contributed by atoms with E-state index in [1.54, 1.807) is 7.05 Å². The molecule has 4 bridgehead atoms. The summed E-state index contributed by atoms with van der Waals surface area (Å²) >= 11 is 1.33. The fourth-order valence-electron chi connectivity index (χ4n) is 5.05. The molecule has 6 heteroatoms. The van der Waals surface area contributed by atoms with Gasteiger partial charge in [0.25, 0.3) is 5.22 Å². The second-order valence-electron chi connectivity index (χ2n) is 7.03. The minimum atomic E-state index is -0.0189. The van der Waals surface area contributed by atoms with E-state index < -0.39 is 0 Å². The van der Waals surface area contributed by atoms with E-state index in [0.29, 0.717) is 11.0 Å². The number of thioether (sulfide) groups is 1. The lowest BCUT2D eigenvalue weighted by Crippen LogP contribution is -2.48. The van der Waals surface area contributed by atoms with E-state index in [9.17, 15) is 4.79 Å². The highest BCUT2D eigenvalue weighted by Crippen LogP contribution is 2.60. The van der Waals surface area contributed by atoms with Gasteiger partial charge < -0.3 is 9.73 Å². The molecule has 0 unspecified atom stereocenters. The highest BCUT2D eigenvalue weighted by Gasteiger charge is 2.54. The Bertz CT molecular complexity index is 522. The van der Waals surface area contributed by atoms with Gasteiger partial charge >= 0.3 is 0 Å². The summed E-state index contributed by atoms with van der Waals surface area (Å²) in [6.45, 7) is 0. The molecule has 1 aromatic heterocycles. The van der Waals surface area contributed by atoms with E-state index in [1.165, 1.54) is 50.3 Å². The van der Waals surface area contributed by atoms with Crippen LogP contribution in [0.25, 0.3) is 0 Å². The minimum Gasteiger partial charge on any atom is -0.415 e. The lowest BCUT2D eigenvalue weighted by atomic mass is 9.49. The van der Waals surface area contributed by atoms with Crippen molar-refractivity contribution in [3.8, 4) is 0 Å². The lowest BCUT2D eigenvalue weighted by Gasteiger charge is -2.55. The number of rotatable bonds is 4. The van der Waals surface area contributed by atoms with Crippen molar-refractivity contribution in [2.24, 2.45) is 17.8 Å². The molecule has 0 radical (unpaired) electrons. The molecule has 1 aromatic rings. The van der Waals surface area contributed by atoms with Gasteiger partial charge in [-0.15, -0.1) is 10.2 Å². The molecule has 0 aliphatic heterocycles. The maximum Gasteiger partial charge on any atom is 0.277 e. The molecule has 21 heavy (non-hydrogen) atoms. The van der Waals surface area contributed by atoms with Crippen LogP contribution in [0.2, 0.25) is 0 Å². The van der Waals surface area contributed by atoms with Crippen molar-refractivity contribution in [1.29, 1.82) is 0 Å². The van der Waals surface area contributed by atoms with Gasteiger partial charge in [-0.2, -0.15) is 0 Å². The lowest BCUT2D eigenvalue weighted by molar-refractivity contribution is -0.118. The van der Waals surface area contributed by atoms with Crippen LogP contribution in [-0.2, 0) is 10.2 Å². The summed E-state index contributed by atoms with van der Waals surface area (Å²) in [4.78, 5) is 11.3. The molecule has 1 heterocycles. The van der Waals surface area contributed by atoms with Crippen molar-refractivity contribution in [3.63, 3.8) is 0 Å². The summed E-state index contributed by atoms with van der Waals surface area (Å²) in [6.07, 6.45) is 7.89. The van der Waals surface area contributed by atoms with Gasteiger partial charge in [0.15, 0.2) is 0 Å². The van der Waals surface area contributed by atoms with Crippen LogP contribution < -0.4 is 5.32 Å². The Morgan fingerprint density at radius 2 is 1.86 bits per heavy atom. The molecule has 5 nitrogen and oxygen atoms in total. The topological polar surface area (TPSA) is 68.0 Å². The van der Waals surface area contributed by atoms with Crippen LogP contribution in [0.15, 0.2) is 9.64 Å². The van der Waals surface area contributed by atoms with Gasteiger partial charge in [0.2, 0.25) is 11.8 Å². The number of nitrogens with one attached hydrogen (secondary N) is 1. The third-order valence-electron chi connectivity index (χ3n) is 5.50. The van der Waals surface area contributed by atoms with Crippen molar-refractivity contribution in [3.05, 3.63) is 5.89 Å². The number of amides is 1. The van der Waals surface area contributed by atoms with Gasteiger partial charge in [-0.3, -0.25) is 4.79 Å². The predicted octanol–water partition coefficient (Wildman–Crippen LogP) is 2.38. The first-order valence-corrected chi connectivity index (χ1v) is 8.83. The maximum atomic E-state index is 11.3. The molecule has 4 fully saturated rings. The van der Waals surface area contributed by atoms with Crippen molar-refractivity contribution < 1.29 is 9.21 Å². The van der Waals surface area contributed by atoms with Crippen molar-refractivity contribution in [2.75, 3.05) is 12.8 Å². The van der Waals surface area contributed by atoms with Gasteiger partial charge in [-0.1, -0.05) is 11.8 Å². The van der Waals surface area contributed by atoms with Gasteiger partial charge in [-0.25, -0.2) is 0 Å². The molecule has 0 saturated heterocycles. The van der Waals surface area contributed by atoms with Crippen molar-refractivity contribution in [1.82, 2.24) is 15.5 Å². The van der Waals surface area contributed by atoms with Crippen LogP contribution in [-0.4, -0.2) is 28.9 Å². The van der Waals surface area contributed by atoms with Gasteiger partial charge in [0, 0.05) is 12.5 Å². The molecule has 0 aromatic carbocycles. The first kappa shape index (κ1) is 13.6. The standard InChI is InChI=1S/C15H21N3O2S/c1-16-12(19)8-21-14-18-17-13(20-14)15-5-9-2-10(6-15)4-11(3-9)7-15/h9-11H,2-8H2,1H3,(H,16,19). The van der Waals surface area contributed by atoms with Crippen LogP contribution in [0.5, 0.6) is 0 Å². The number of hydrogen-bond donors (Lipinski definition) is 1. The zero-order valence-corrected chi connectivity index (χ0v) is 13.1. The first-order chi connectivity index (χ1) is 10.2. The highest BCUT2D eigenvalue weighted by molar-refractivity contribution is 7.99. The zero-order chi connectivity index (χ0) is 14.4. The summed E-state index contributed by atoms with van der Waals surface area (Å²) in [5.41, 5.74) is 0.146.